The molecule has 1 rings (SSSR count). The Labute approximate surface area is 105 Å². The summed E-state index contributed by atoms with van der Waals surface area (Å²) < 4.78 is 0. The molecule has 0 amide bonds. The zero-order chi connectivity index (χ0) is 13.3. The molecule has 0 aromatic heterocycles. The Morgan fingerprint density at radius 2 is 1.18 bits per heavy atom. The molecule has 0 saturated heterocycles. The van der Waals surface area contributed by atoms with Crippen LogP contribution in [-0.4, -0.2) is 23.4 Å². The van der Waals surface area contributed by atoms with Crippen LogP contribution in [0, 0.1) is 0 Å². The molecule has 2 nitrogen and oxygen atoms in total. The van der Waals surface area contributed by atoms with Gasteiger partial charge in [-0.1, -0.05) is 52.0 Å². The minimum absolute atomic E-state index is 0.0938. The van der Waals surface area contributed by atoms with Gasteiger partial charge in [0, 0.05) is 13.2 Å². The van der Waals surface area contributed by atoms with Crippen molar-refractivity contribution in [2.75, 3.05) is 13.2 Å². The van der Waals surface area contributed by atoms with E-state index in [-0.39, 0.29) is 13.2 Å². The lowest BCUT2D eigenvalue weighted by atomic mass is 9.91. The molecule has 0 aliphatic rings. The molecule has 98 valence electrons. The second kappa shape index (κ2) is 9.20. The van der Waals surface area contributed by atoms with Gasteiger partial charge in [-0.3, -0.25) is 0 Å². The van der Waals surface area contributed by atoms with Crippen molar-refractivity contribution >= 4 is 0 Å². The van der Waals surface area contributed by atoms with E-state index in [0.29, 0.717) is 18.3 Å². The Hall–Kier alpha value is -0.860. The summed E-state index contributed by atoms with van der Waals surface area (Å²) in [6.07, 6.45) is 0.500. The molecule has 2 heteroatoms. The lowest BCUT2D eigenvalue weighted by Gasteiger charge is -2.14. The Bertz CT molecular complexity index is 264. The van der Waals surface area contributed by atoms with Gasteiger partial charge >= 0.3 is 0 Å². The van der Waals surface area contributed by atoms with E-state index in [1.54, 1.807) is 0 Å². The highest BCUT2D eigenvalue weighted by Crippen LogP contribution is 2.25. The summed E-state index contributed by atoms with van der Waals surface area (Å²) in [5.74, 6) is 1.28. The highest BCUT2D eigenvalue weighted by molar-refractivity contribution is 5.31. The summed E-state index contributed by atoms with van der Waals surface area (Å²) >= 11 is 0. The standard InChI is InChI=1S/C12H18.C3H8O2/c1-9(2)11-7-5-6-8-12(11)10(3)4;4-2-1-3-5/h5-10H,1-4H3;4-5H,1-3H2. The van der Waals surface area contributed by atoms with E-state index < -0.39 is 0 Å². The fourth-order valence-electron chi connectivity index (χ4n) is 1.63. The fourth-order valence-corrected chi connectivity index (χ4v) is 1.63. The van der Waals surface area contributed by atoms with Gasteiger partial charge in [-0.05, 0) is 29.4 Å². The largest absolute Gasteiger partial charge is 0.396 e. The van der Waals surface area contributed by atoms with Crippen molar-refractivity contribution in [1.82, 2.24) is 0 Å². The minimum atomic E-state index is 0.0938. The first kappa shape index (κ1) is 16.1. The van der Waals surface area contributed by atoms with Crippen LogP contribution in [0.1, 0.15) is 57.1 Å². The van der Waals surface area contributed by atoms with Gasteiger partial charge in [0.05, 0.1) is 0 Å². The van der Waals surface area contributed by atoms with Crippen molar-refractivity contribution in [2.45, 2.75) is 46.0 Å². The first-order valence-corrected chi connectivity index (χ1v) is 6.35. The van der Waals surface area contributed by atoms with Crippen LogP contribution < -0.4 is 0 Å². The number of hydrogen-bond acceptors (Lipinski definition) is 2. The second-order valence-corrected chi connectivity index (χ2v) is 4.74. The van der Waals surface area contributed by atoms with Gasteiger partial charge in [0.15, 0.2) is 0 Å². The van der Waals surface area contributed by atoms with Gasteiger partial charge in [0.1, 0.15) is 0 Å². The van der Waals surface area contributed by atoms with E-state index in [9.17, 15) is 0 Å². The van der Waals surface area contributed by atoms with Gasteiger partial charge in [0.25, 0.3) is 0 Å². The summed E-state index contributed by atoms with van der Waals surface area (Å²) in [5, 5.41) is 15.8. The van der Waals surface area contributed by atoms with Crippen LogP contribution >= 0.6 is 0 Å². The number of aliphatic hydroxyl groups is 2. The molecule has 1 aromatic rings. The van der Waals surface area contributed by atoms with Crippen molar-refractivity contribution in [3.63, 3.8) is 0 Å². The van der Waals surface area contributed by atoms with Crippen LogP contribution in [0.4, 0.5) is 0 Å². The van der Waals surface area contributed by atoms with Gasteiger partial charge < -0.3 is 10.2 Å². The van der Waals surface area contributed by atoms with Crippen molar-refractivity contribution in [2.24, 2.45) is 0 Å². The van der Waals surface area contributed by atoms with E-state index in [2.05, 4.69) is 52.0 Å². The average molecular weight is 238 g/mol. The third-order valence-corrected chi connectivity index (χ3v) is 2.56. The predicted octanol–water partition coefficient (Wildman–Crippen LogP) is 3.29. The predicted molar refractivity (Wildman–Crippen MR) is 73.4 cm³/mol. The molecular formula is C15H26O2. The maximum absolute atomic E-state index is 7.91. The van der Waals surface area contributed by atoms with Crippen LogP contribution in [0.25, 0.3) is 0 Å². The SMILES string of the molecule is CC(C)c1ccccc1C(C)C.OCCCO. The van der Waals surface area contributed by atoms with E-state index in [0.717, 1.165) is 0 Å². The molecule has 0 heterocycles. The third-order valence-electron chi connectivity index (χ3n) is 2.56. The van der Waals surface area contributed by atoms with E-state index in [1.807, 2.05) is 0 Å². The molecule has 0 spiro atoms. The van der Waals surface area contributed by atoms with Crippen LogP contribution in [0.15, 0.2) is 24.3 Å². The summed E-state index contributed by atoms with van der Waals surface area (Å²) in [4.78, 5) is 0. The Kier molecular flexibility index (Phi) is 8.73. The Balaban J connectivity index is 0.000000437. The molecule has 0 aliphatic heterocycles. The zero-order valence-corrected chi connectivity index (χ0v) is 11.5. The summed E-state index contributed by atoms with van der Waals surface area (Å²) in [6, 6.07) is 8.72. The fraction of sp³-hybridized carbons (Fsp3) is 0.600. The molecule has 17 heavy (non-hydrogen) atoms. The summed E-state index contributed by atoms with van der Waals surface area (Å²) in [7, 11) is 0. The topological polar surface area (TPSA) is 40.5 Å². The summed E-state index contributed by atoms with van der Waals surface area (Å²) in [6.45, 7) is 9.19. The van der Waals surface area contributed by atoms with E-state index in [4.69, 9.17) is 10.2 Å². The molecule has 0 saturated carbocycles. The number of aliphatic hydroxyl groups excluding tert-OH is 2. The highest BCUT2D eigenvalue weighted by atomic mass is 16.3. The monoisotopic (exact) mass is 238 g/mol. The number of benzene rings is 1. The second-order valence-electron chi connectivity index (χ2n) is 4.74. The first-order chi connectivity index (χ1) is 8.04. The van der Waals surface area contributed by atoms with Gasteiger partial charge in [-0.25, -0.2) is 0 Å². The molecule has 0 atom stereocenters. The van der Waals surface area contributed by atoms with Crippen LogP contribution in [0.3, 0.4) is 0 Å². The lowest BCUT2D eigenvalue weighted by Crippen LogP contribution is -1.97. The molecule has 0 bridgehead atoms. The number of hydrogen-bond donors (Lipinski definition) is 2. The number of rotatable bonds is 4. The van der Waals surface area contributed by atoms with Crippen molar-refractivity contribution in [1.29, 1.82) is 0 Å². The first-order valence-electron chi connectivity index (χ1n) is 6.35. The lowest BCUT2D eigenvalue weighted by molar-refractivity contribution is 0.221. The molecule has 0 aliphatic carbocycles. The quantitative estimate of drug-likeness (QED) is 0.845. The molecule has 2 N–H and O–H groups in total. The smallest absolute Gasteiger partial charge is 0.0452 e. The van der Waals surface area contributed by atoms with Crippen molar-refractivity contribution in [3.05, 3.63) is 35.4 Å². The summed E-state index contributed by atoms with van der Waals surface area (Å²) in [5.41, 5.74) is 2.99. The van der Waals surface area contributed by atoms with Gasteiger partial charge in [-0.2, -0.15) is 0 Å². The molecule has 0 radical (unpaired) electrons. The Morgan fingerprint density at radius 3 is 1.35 bits per heavy atom. The molecule has 0 unspecified atom stereocenters. The van der Waals surface area contributed by atoms with Crippen LogP contribution in [0.5, 0.6) is 0 Å². The maximum Gasteiger partial charge on any atom is 0.0452 e. The van der Waals surface area contributed by atoms with Crippen LogP contribution in [-0.2, 0) is 0 Å². The Morgan fingerprint density at radius 1 is 0.824 bits per heavy atom. The van der Waals surface area contributed by atoms with Crippen molar-refractivity contribution in [3.8, 4) is 0 Å². The zero-order valence-electron chi connectivity index (χ0n) is 11.5. The third kappa shape index (κ3) is 6.44. The average Bonchev–Trinajstić information content (AvgIpc) is 2.30. The minimum Gasteiger partial charge on any atom is -0.396 e. The maximum atomic E-state index is 7.91. The van der Waals surface area contributed by atoms with E-state index >= 15 is 0 Å². The van der Waals surface area contributed by atoms with Crippen molar-refractivity contribution < 1.29 is 10.2 Å². The molecular weight excluding hydrogens is 212 g/mol. The highest BCUT2D eigenvalue weighted by Gasteiger charge is 2.07. The van der Waals surface area contributed by atoms with E-state index in [1.165, 1.54) is 11.1 Å². The normalized spacial score (nSPS) is 10.4. The molecule has 1 aromatic carbocycles. The van der Waals surface area contributed by atoms with Crippen LogP contribution in [0.2, 0.25) is 0 Å². The van der Waals surface area contributed by atoms with Gasteiger partial charge in [0.2, 0.25) is 0 Å². The van der Waals surface area contributed by atoms with Gasteiger partial charge in [-0.15, -0.1) is 0 Å². The molecule has 0 fully saturated rings.